The van der Waals surface area contributed by atoms with E-state index < -0.39 is 0 Å². The van der Waals surface area contributed by atoms with Crippen molar-refractivity contribution in [3.05, 3.63) is 66.2 Å². The number of hydrogen-bond donors (Lipinski definition) is 2. The molecular formula is C19H20N2O3. The Hall–Kier alpha value is -3.08. The highest BCUT2D eigenvalue weighted by Gasteiger charge is 2.07. The van der Waals surface area contributed by atoms with E-state index in [1.165, 1.54) is 6.92 Å². The first-order valence-electron chi connectivity index (χ1n) is 7.50. The molecule has 0 fully saturated rings. The first-order chi connectivity index (χ1) is 11.4. The molecule has 0 heterocycles. The van der Waals surface area contributed by atoms with E-state index in [9.17, 15) is 9.59 Å². The van der Waals surface area contributed by atoms with Crippen molar-refractivity contribution in [2.24, 2.45) is 0 Å². The lowest BCUT2D eigenvalue weighted by molar-refractivity contribution is -0.114. The molecule has 0 aliphatic rings. The maximum atomic E-state index is 12.3. The third kappa shape index (κ3) is 5.28. The molecule has 2 rings (SSSR count). The van der Waals surface area contributed by atoms with Crippen LogP contribution in [0.15, 0.2) is 60.7 Å². The number of ether oxygens (including phenoxy) is 1. The fourth-order valence-electron chi connectivity index (χ4n) is 1.99. The van der Waals surface area contributed by atoms with Crippen molar-refractivity contribution in [3.63, 3.8) is 0 Å². The lowest BCUT2D eigenvalue weighted by atomic mass is 10.2. The van der Waals surface area contributed by atoms with Gasteiger partial charge >= 0.3 is 0 Å². The van der Waals surface area contributed by atoms with Crippen molar-refractivity contribution in [3.8, 4) is 5.75 Å². The summed E-state index contributed by atoms with van der Waals surface area (Å²) >= 11 is 0. The Morgan fingerprint density at radius 3 is 2.21 bits per heavy atom. The number of carbonyl (C=O) groups excluding carboxylic acids is 2. The topological polar surface area (TPSA) is 67.4 Å². The molecule has 0 radical (unpaired) electrons. The number of amides is 2. The molecule has 24 heavy (non-hydrogen) atoms. The fraction of sp³-hybridized carbons (Fsp3) is 0.158. The molecule has 0 aliphatic carbocycles. The molecule has 5 heteroatoms. The molecule has 2 aromatic rings. The Morgan fingerprint density at radius 2 is 1.62 bits per heavy atom. The second-order valence-corrected chi connectivity index (χ2v) is 5.49. The van der Waals surface area contributed by atoms with Gasteiger partial charge in [0.25, 0.3) is 5.91 Å². The molecule has 0 atom stereocenters. The van der Waals surface area contributed by atoms with Crippen LogP contribution in [0, 0.1) is 0 Å². The van der Waals surface area contributed by atoms with E-state index in [-0.39, 0.29) is 11.8 Å². The van der Waals surface area contributed by atoms with Crippen LogP contribution in [0.5, 0.6) is 5.75 Å². The van der Waals surface area contributed by atoms with E-state index in [2.05, 4.69) is 17.2 Å². The van der Waals surface area contributed by atoms with Gasteiger partial charge < -0.3 is 15.4 Å². The minimum atomic E-state index is -0.235. The van der Waals surface area contributed by atoms with Gasteiger partial charge in [-0.3, -0.25) is 9.59 Å². The molecule has 0 aromatic heterocycles. The van der Waals surface area contributed by atoms with Crippen LogP contribution < -0.4 is 15.4 Å². The van der Waals surface area contributed by atoms with Gasteiger partial charge in [0.1, 0.15) is 12.4 Å². The van der Waals surface area contributed by atoms with Gasteiger partial charge in [-0.25, -0.2) is 0 Å². The number of carbonyl (C=O) groups is 2. The second kappa shape index (κ2) is 7.97. The SMILES string of the molecule is C=C(C)COc1ccc(C(=O)Nc2cccc(NC(C)=O)c2)cc1. The zero-order chi connectivity index (χ0) is 17.5. The van der Waals surface area contributed by atoms with E-state index >= 15 is 0 Å². The van der Waals surface area contributed by atoms with Crippen LogP contribution in [0.4, 0.5) is 11.4 Å². The van der Waals surface area contributed by atoms with Gasteiger partial charge in [-0.2, -0.15) is 0 Å². The molecule has 124 valence electrons. The zero-order valence-corrected chi connectivity index (χ0v) is 13.8. The lowest BCUT2D eigenvalue weighted by Crippen LogP contribution is -2.12. The van der Waals surface area contributed by atoms with E-state index in [1.807, 2.05) is 6.92 Å². The van der Waals surface area contributed by atoms with Crippen molar-refractivity contribution in [2.45, 2.75) is 13.8 Å². The minimum absolute atomic E-state index is 0.163. The van der Waals surface area contributed by atoms with Gasteiger partial charge in [0.15, 0.2) is 0 Å². The molecule has 2 aromatic carbocycles. The van der Waals surface area contributed by atoms with Crippen LogP contribution >= 0.6 is 0 Å². The van der Waals surface area contributed by atoms with Gasteiger partial charge in [0.05, 0.1) is 0 Å². The summed E-state index contributed by atoms with van der Waals surface area (Å²) in [4.78, 5) is 23.4. The van der Waals surface area contributed by atoms with Crippen molar-refractivity contribution < 1.29 is 14.3 Å². The van der Waals surface area contributed by atoms with E-state index in [0.29, 0.717) is 29.3 Å². The van der Waals surface area contributed by atoms with Gasteiger partial charge in [-0.15, -0.1) is 0 Å². The summed E-state index contributed by atoms with van der Waals surface area (Å²) in [6.07, 6.45) is 0. The fourth-order valence-corrected chi connectivity index (χ4v) is 1.99. The highest BCUT2D eigenvalue weighted by molar-refractivity contribution is 6.04. The van der Waals surface area contributed by atoms with Crippen molar-refractivity contribution >= 4 is 23.2 Å². The van der Waals surface area contributed by atoms with Crippen LogP contribution in [0.2, 0.25) is 0 Å². The first-order valence-corrected chi connectivity index (χ1v) is 7.50. The van der Waals surface area contributed by atoms with Crippen molar-refractivity contribution in [1.82, 2.24) is 0 Å². The van der Waals surface area contributed by atoms with E-state index in [4.69, 9.17) is 4.74 Å². The third-order valence-electron chi connectivity index (χ3n) is 3.04. The summed E-state index contributed by atoms with van der Waals surface area (Å²) in [7, 11) is 0. The van der Waals surface area contributed by atoms with Crippen LogP contribution in [0.3, 0.4) is 0 Å². The van der Waals surface area contributed by atoms with Gasteiger partial charge in [0.2, 0.25) is 5.91 Å². The molecule has 0 saturated carbocycles. The van der Waals surface area contributed by atoms with E-state index in [0.717, 1.165) is 5.57 Å². The smallest absolute Gasteiger partial charge is 0.255 e. The number of anilines is 2. The molecule has 2 amide bonds. The van der Waals surface area contributed by atoms with Crippen molar-refractivity contribution in [1.29, 1.82) is 0 Å². The van der Waals surface area contributed by atoms with Crippen LogP contribution in [-0.2, 0) is 4.79 Å². The summed E-state index contributed by atoms with van der Waals surface area (Å²) in [5, 5.41) is 5.47. The quantitative estimate of drug-likeness (QED) is 0.793. The molecule has 0 bridgehead atoms. The van der Waals surface area contributed by atoms with Gasteiger partial charge in [-0.05, 0) is 55.0 Å². The molecule has 0 unspecified atom stereocenters. The number of rotatable bonds is 6. The maximum absolute atomic E-state index is 12.3. The summed E-state index contributed by atoms with van der Waals surface area (Å²) in [6.45, 7) is 7.54. The standard InChI is InChI=1S/C19H20N2O3/c1-13(2)12-24-18-9-7-15(8-10-18)19(23)21-17-6-4-5-16(11-17)20-14(3)22/h4-11H,1,12H2,2-3H3,(H,20,22)(H,21,23). The number of hydrogen-bond acceptors (Lipinski definition) is 3. The van der Waals surface area contributed by atoms with Gasteiger partial charge in [0, 0.05) is 23.9 Å². The Balaban J connectivity index is 2.01. The second-order valence-electron chi connectivity index (χ2n) is 5.49. The molecule has 0 saturated heterocycles. The summed E-state index contributed by atoms with van der Waals surface area (Å²) in [6, 6.07) is 13.8. The van der Waals surface area contributed by atoms with Crippen molar-refractivity contribution in [2.75, 3.05) is 17.2 Å². The molecule has 0 spiro atoms. The molecular weight excluding hydrogens is 304 g/mol. The Kier molecular flexibility index (Phi) is 5.73. The predicted octanol–water partition coefficient (Wildman–Crippen LogP) is 3.85. The number of nitrogens with one attached hydrogen (secondary N) is 2. The van der Waals surface area contributed by atoms with Crippen LogP contribution in [0.1, 0.15) is 24.2 Å². The molecule has 5 nitrogen and oxygen atoms in total. The molecule has 2 N–H and O–H groups in total. The minimum Gasteiger partial charge on any atom is -0.489 e. The Labute approximate surface area is 141 Å². The Morgan fingerprint density at radius 1 is 1.00 bits per heavy atom. The first kappa shape index (κ1) is 17.3. The average Bonchev–Trinajstić information content (AvgIpc) is 2.53. The molecule has 0 aliphatic heterocycles. The highest BCUT2D eigenvalue weighted by Crippen LogP contribution is 2.17. The normalized spacial score (nSPS) is 9.92. The lowest BCUT2D eigenvalue weighted by Gasteiger charge is -2.09. The largest absolute Gasteiger partial charge is 0.489 e. The summed E-state index contributed by atoms with van der Waals surface area (Å²) in [5.41, 5.74) is 2.68. The van der Waals surface area contributed by atoms with Gasteiger partial charge in [-0.1, -0.05) is 12.6 Å². The average molecular weight is 324 g/mol. The predicted molar refractivity (Wildman–Crippen MR) is 95.4 cm³/mol. The summed E-state index contributed by atoms with van der Waals surface area (Å²) < 4.78 is 5.50. The zero-order valence-electron chi connectivity index (χ0n) is 13.8. The van der Waals surface area contributed by atoms with Crippen LogP contribution in [-0.4, -0.2) is 18.4 Å². The highest BCUT2D eigenvalue weighted by atomic mass is 16.5. The third-order valence-corrected chi connectivity index (χ3v) is 3.04. The van der Waals surface area contributed by atoms with E-state index in [1.54, 1.807) is 48.5 Å². The maximum Gasteiger partial charge on any atom is 0.255 e. The summed E-state index contributed by atoms with van der Waals surface area (Å²) in [5.74, 6) is 0.285. The van der Waals surface area contributed by atoms with Crippen LogP contribution in [0.25, 0.3) is 0 Å². The Bertz CT molecular complexity index is 751. The monoisotopic (exact) mass is 324 g/mol. The number of benzene rings is 2.